The molecule has 2 N–H and O–H groups in total. The van der Waals surface area contributed by atoms with Crippen molar-refractivity contribution in [2.24, 2.45) is 0 Å². The van der Waals surface area contributed by atoms with Crippen LogP contribution in [0.15, 0.2) is 36.4 Å². The summed E-state index contributed by atoms with van der Waals surface area (Å²) in [6, 6.07) is 11.7. The molecule has 0 saturated carbocycles. The van der Waals surface area contributed by atoms with E-state index in [2.05, 4.69) is 59.0 Å². The van der Waals surface area contributed by atoms with Gasteiger partial charge in [-0.05, 0) is 0 Å². The van der Waals surface area contributed by atoms with Gasteiger partial charge in [0.1, 0.15) is 0 Å². The number of para-hydroxylation sites is 1. The van der Waals surface area contributed by atoms with Crippen molar-refractivity contribution in [3.63, 3.8) is 0 Å². The van der Waals surface area contributed by atoms with Crippen molar-refractivity contribution in [3.8, 4) is 5.75 Å². The molecule has 25 heavy (non-hydrogen) atoms. The molecule has 0 aliphatic rings. The first-order chi connectivity index (χ1) is 11.5. The van der Waals surface area contributed by atoms with E-state index in [-0.39, 0.29) is 10.8 Å². The first-order valence-electron chi connectivity index (χ1n) is 8.60. The molecular weight excluding hydrogens is 508 g/mol. The van der Waals surface area contributed by atoms with Gasteiger partial charge in [0.15, 0.2) is 0 Å². The second-order valence-corrected chi connectivity index (χ2v) is 11.4. The number of hydrogen-bond acceptors (Lipinski definition) is 2. The zero-order valence-electron chi connectivity index (χ0n) is 16.0. The van der Waals surface area contributed by atoms with Gasteiger partial charge in [-0.2, -0.15) is 0 Å². The van der Waals surface area contributed by atoms with Crippen LogP contribution in [0.1, 0.15) is 58.2 Å². The molecule has 134 valence electrons. The first kappa shape index (κ1) is 20.2. The van der Waals surface area contributed by atoms with Gasteiger partial charge in [0.25, 0.3) is 0 Å². The van der Waals surface area contributed by atoms with Gasteiger partial charge in [0, 0.05) is 0 Å². The standard InChI is InChI=1S/C21H28NO.FH.Pb/c1-20(2,3)16-12-15(14-22-17-10-8-7-9-11-17)19(23)18(13-16)21(4,5)6;;/h7-10,12-13,22-23H,14H2,1-6H3;1H;/q;;+1/p-1. The molecule has 2 rings (SSSR count). The Morgan fingerprint density at radius 3 is 2.20 bits per heavy atom. The summed E-state index contributed by atoms with van der Waals surface area (Å²) in [5.74, 6) is 0.341. The molecule has 0 amide bonds. The van der Waals surface area contributed by atoms with Crippen molar-refractivity contribution < 1.29 is 7.62 Å². The van der Waals surface area contributed by atoms with E-state index in [1.165, 1.54) is 5.56 Å². The SMILES string of the molecule is CC(C)(C)c1cc(CNc2cccc[c]2[Pb][F])c(O)c(C(C)(C)C)c1. The molecule has 2 nitrogen and oxygen atoms in total. The number of anilines is 1. The van der Waals surface area contributed by atoms with Crippen LogP contribution in [0.25, 0.3) is 0 Å². The Morgan fingerprint density at radius 2 is 1.64 bits per heavy atom. The summed E-state index contributed by atoms with van der Waals surface area (Å²) < 4.78 is 14.2. The molecule has 4 heteroatoms. The van der Waals surface area contributed by atoms with Crippen molar-refractivity contribution in [1.82, 2.24) is 0 Å². The molecule has 0 saturated heterocycles. The minimum absolute atomic E-state index is 0.00499. The summed E-state index contributed by atoms with van der Waals surface area (Å²) >= 11 is -2.22. The maximum atomic E-state index is 13.3. The predicted octanol–water partition coefficient (Wildman–Crippen LogP) is 4.81. The average Bonchev–Trinajstić information content (AvgIpc) is 2.51. The van der Waals surface area contributed by atoms with Crippen molar-refractivity contribution >= 4 is 33.7 Å². The number of benzene rings is 2. The normalized spacial score (nSPS) is 12.3. The fraction of sp³-hybridized carbons (Fsp3) is 0.429. The fourth-order valence-electron chi connectivity index (χ4n) is 2.74. The first-order valence-corrected chi connectivity index (χ1v) is 12.0. The second kappa shape index (κ2) is 7.64. The Hall–Kier alpha value is -1.11. The Labute approximate surface area is 164 Å². The Bertz CT molecular complexity index is 745. The number of hydrogen-bond donors (Lipinski definition) is 2. The third kappa shape index (κ3) is 4.96. The van der Waals surface area contributed by atoms with Gasteiger partial charge in [0.05, 0.1) is 0 Å². The number of nitrogens with one attached hydrogen (secondary N) is 1. The fourth-order valence-corrected chi connectivity index (χ4v) is 4.43. The molecular formula is C21H28FNOPb. The summed E-state index contributed by atoms with van der Waals surface area (Å²) in [5.41, 5.74) is 3.71. The molecule has 0 heterocycles. The minimum atomic E-state index is -2.22. The van der Waals surface area contributed by atoms with E-state index in [1.54, 1.807) is 0 Å². The summed E-state index contributed by atoms with van der Waals surface area (Å²) in [6.07, 6.45) is 0. The molecule has 0 fully saturated rings. The van der Waals surface area contributed by atoms with Gasteiger partial charge in [-0.15, -0.1) is 0 Å². The molecule has 0 spiro atoms. The van der Waals surface area contributed by atoms with Crippen LogP contribution in [0.5, 0.6) is 5.75 Å². The van der Waals surface area contributed by atoms with Crippen molar-refractivity contribution in [1.29, 1.82) is 0 Å². The molecule has 2 aromatic carbocycles. The zero-order valence-corrected chi connectivity index (χ0v) is 19.9. The molecule has 0 bridgehead atoms. The second-order valence-electron chi connectivity index (χ2n) is 8.53. The van der Waals surface area contributed by atoms with Crippen LogP contribution in [0.2, 0.25) is 0 Å². The average molecular weight is 537 g/mol. The van der Waals surface area contributed by atoms with Crippen LogP contribution >= 0.6 is 0 Å². The van der Waals surface area contributed by atoms with E-state index in [1.807, 2.05) is 24.3 Å². The van der Waals surface area contributed by atoms with Crippen LogP contribution in [-0.2, 0) is 17.4 Å². The Balaban J connectivity index is 2.43. The molecule has 0 aromatic heterocycles. The van der Waals surface area contributed by atoms with Crippen LogP contribution in [0, 0.1) is 0 Å². The number of rotatable bonds is 4. The van der Waals surface area contributed by atoms with E-state index >= 15 is 0 Å². The zero-order chi connectivity index (χ0) is 18.8. The Kier molecular flexibility index (Phi) is 6.18. The van der Waals surface area contributed by atoms with Gasteiger partial charge in [0.2, 0.25) is 0 Å². The van der Waals surface area contributed by atoms with Crippen molar-refractivity contribution in [2.75, 3.05) is 5.32 Å². The summed E-state index contributed by atoms with van der Waals surface area (Å²) in [6.45, 7) is 13.3. The summed E-state index contributed by atoms with van der Waals surface area (Å²) in [4.78, 5) is 0. The molecule has 0 aliphatic carbocycles. The van der Waals surface area contributed by atoms with Crippen LogP contribution in [0.3, 0.4) is 0 Å². The molecule has 2 aromatic rings. The monoisotopic (exact) mass is 537 g/mol. The number of halogens is 1. The van der Waals surface area contributed by atoms with Gasteiger partial charge in [-0.1, -0.05) is 0 Å². The number of aromatic hydroxyl groups is 1. The van der Waals surface area contributed by atoms with E-state index in [0.29, 0.717) is 12.3 Å². The number of phenolic OH excluding ortho intramolecular Hbond substituents is 1. The molecule has 0 unspecified atom stereocenters. The van der Waals surface area contributed by atoms with E-state index in [0.717, 1.165) is 19.9 Å². The molecule has 0 aliphatic heterocycles. The Morgan fingerprint density at radius 1 is 1.00 bits per heavy atom. The van der Waals surface area contributed by atoms with Crippen molar-refractivity contribution in [2.45, 2.75) is 58.9 Å². The van der Waals surface area contributed by atoms with Gasteiger partial charge < -0.3 is 0 Å². The van der Waals surface area contributed by atoms with Gasteiger partial charge in [-0.3, -0.25) is 0 Å². The topological polar surface area (TPSA) is 32.3 Å². The number of phenols is 1. The summed E-state index contributed by atoms with van der Waals surface area (Å²) in [5, 5.41) is 14.1. The predicted molar refractivity (Wildman–Crippen MR) is 106 cm³/mol. The third-order valence-electron chi connectivity index (χ3n) is 4.36. The van der Waals surface area contributed by atoms with Crippen LogP contribution in [0.4, 0.5) is 8.20 Å². The van der Waals surface area contributed by atoms with Gasteiger partial charge >= 0.3 is 164 Å². The van der Waals surface area contributed by atoms with Crippen molar-refractivity contribution in [3.05, 3.63) is 53.1 Å². The molecule has 0 atom stereocenters. The van der Waals surface area contributed by atoms with E-state index in [4.69, 9.17) is 0 Å². The maximum absolute atomic E-state index is 13.3. The van der Waals surface area contributed by atoms with E-state index < -0.39 is 24.9 Å². The van der Waals surface area contributed by atoms with Crippen LogP contribution in [-0.4, -0.2) is 30.0 Å². The van der Waals surface area contributed by atoms with Gasteiger partial charge in [-0.25, -0.2) is 0 Å². The quantitative estimate of drug-likeness (QED) is 0.550. The molecule has 2 radical (unpaired) electrons. The van der Waals surface area contributed by atoms with E-state index in [9.17, 15) is 7.62 Å². The third-order valence-corrected chi connectivity index (χ3v) is 6.85. The summed E-state index contributed by atoms with van der Waals surface area (Å²) in [7, 11) is 0. The van der Waals surface area contributed by atoms with Crippen LogP contribution < -0.4 is 8.44 Å².